The minimum absolute atomic E-state index is 0.104. The van der Waals surface area contributed by atoms with Crippen LogP contribution in [0.1, 0.15) is 22.6 Å². The van der Waals surface area contributed by atoms with Crippen LogP contribution < -0.4 is 0 Å². The highest BCUT2D eigenvalue weighted by Crippen LogP contribution is 2.27. The Kier molecular flexibility index (Phi) is 6.38. The Bertz CT molecular complexity index is 975. The highest BCUT2D eigenvalue weighted by molar-refractivity contribution is 5.87. The van der Waals surface area contributed by atoms with Crippen LogP contribution in [0.4, 0.5) is 5.69 Å². The standard InChI is InChI=1S/C25H25N3O3/c29-25(24(21-7-3-1-4-8-21)22-9-5-2-6-10-22)27-17-15-26(16-18-27)19-20-11-13-23(14-12-20)28(30)31/h1-14,24H,15-19H2. The van der Waals surface area contributed by atoms with Crippen LogP contribution in [0.15, 0.2) is 84.9 Å². The molecule has 3 aromatic carbocycles. The molecule has 1 aliphatic heterocycles. The molecule has 0 aliphatic carbocycles. The van der Waals surface area contributed by atoms with Crippen molar-refractivity contribution in [2.45, 2.75) is 12.5 Å². The van der Waals surface area contributed by atoms with Crippen LogP contribution in [0.5, 0.6) is 0 Å². The number of amides is 1. The van der Waals surface area contributed by atoms with Gasteiger partial charge >= 0.3 is 0 Å². The number of hydrogen-bond acceptors (Lipinski definition) is 4. The molecular weight excluding hydrogens is 390 g/mol. The van der Waals surface area contributed by atoms with Crippen molar-refractivity contribution in [3.8, 4) is 0 Å². The predicted octanol–water partition coefficient (Wildman–Crippen LogP) is 4.07. The van der Waals surface area contributed by atoms with Crippen molar-refractivity contribution in [2.75, 3.05) is 26.2 Å². The van der Waals surface area contributed by atoms with E-state index < -0.39 is 0 Å². The molecule has 1 amide bonds. The summed E-state index contributed by atoms with van der Waals surface area (Å²) in [6, 6.07) is 26.6. The summed E-state index contributed by atoms with van der Waals surface area (Å²) in [5, 5.41) is 10.8. The molecule has 3 aromatic rings. The maximum atomic E-state index is 13.5. The van der Waals surface area contributed by atoms with Gasteiger partial charge in [-0.3, -0.25) is 19.8 Å². The van der Waals surface area contributed by atoms with E-state index in [2.05, 4.69) is 4.90 Å². The zero-order valence-corrected chi connectivity index (χ0v) is 17.3. The Morgan fingerprint density at radius 1 is 0.806 bits per heavy atom. The maximum absolute atomic E-state index is 13.5. The van der Waals surface area contributed by atoms with Gasteiger partial charge in [0.1, 0.15) is 0 Å². The van der Waals surface area contributed by atoms with Crippen LogP contribution in [-0.2, 0) is 11.3 Å². The second-order valence-electron chi connectivity index (χ2n) is 7.78. The van der Waals surface area contributed by atoms with Crippen LogP contribution >= 0.6 is 0 Å². The molecule has 1 saturated heterocycles. The third-order valence-corrected chi connectivity index (χ3v) is 5.75. The summed E-state index contributed by atoms with van der Waals surface area (Å²) in [5.41, 5.74) is 3.16. The van der Waals surface area contributed by atoms with Gasteiger partial charge in [0.05, 0.1) is 10.8 Å². The highest BCUT2D eigenvalue weighted by atomic mass is 16.6. The molecule has 0 N–H and O–H groups in total. The van der Waals surface area contributed by atoms with Gasteiger partial charge in [-0.2, -0.15) is 0 Å². The van der Waals surface area contributed by atoms with Crippen molar-refractivity contribution < 1.29 is 9.72 Å². The molecule has 1 heterocycles. The normalized spacial score (nSPS) is 14.5. The van der Waals surface area contributed by atoms with Gasteiger partial charge < -0.3 is 4.90 Å². The van der Waals surface area contributed by atoms with Crippen molar-refractivity contribution in [1.82, 2.24) is 9.80 Å². The number of hydrogen-bond donors (Lipinski definition) is 0. The topological polar surface area (TPSA) is 66.7 Å². The molecule has 158 valence electrons. The molecule has 0 radical (unpaired) electrons. The fourth-order valence-electron chi connectivity index (χ4n) is 4.06. The molecule has 1 fully saturated rings. The van der Waals surface area contributed by atoms with E-state index >= 15 is 0 Å². The Morgan fingerprint density at radius 3 is 1.81 bits per heavy atom. The van der Waals surface area contributed by atoms with E-state index in [1.807, 2.05) is 65.6 Å². The van der Waals surface area contributed by atoms with Gasteiger partial charge in [0.15, 0.2) is 0 Å². The summed E-state index contributed by atoms with van der Waals surface area (Å²) in [4.78, 5) is 28.2. The zero-order chi connectivity index (χ0) is 21.6. The first kappa shape index (κ1) is 20.8. The number of nitro groups is 1. The number of piperazine rings is 1. The van der Waals surface area contributed by atoms with E-state index in [1.54, 1.807) is 24.3 Å². The van der Waals surface area contributed by atoms with Gasteiger partial charge in [0, 0.05) is 44.9 Å². The van der Waals surface area contributed by atoms with Crippen LogP contribution in [-0.4, -0.2) is 46.8 Å². The maximum Gasteiger partial charge on any atom is 0.269 e. The first-order valence-electron chi connectivity index (χ1n) is 10.5. The average molecular weight is 415 g/mol. The highest BCUT2D eigenvalue weighted by Gasteiger charge is 2.29. The molecule has 6 nitrogen and oxygen atoms in total. The Hall–Kier alpha value is -3.51. The van der Waals surface area contributed by atoms with Crippen LogP contribution in [0.25, 0.3) is 0 Å². The number of benzene rings is 3. The SMILES string of the molecule is O=C(C(c1ccccc1)c1ccccc1)N1CCN(Cc2ccc([N+](=O)[O-])cc2)CC1. The first-order valence-corrected chi connectivity index (χ1v) is 10.5. The average Bonchev–Trinajstić information content (AvgIpc) is 2.81. The quantitative estimate of drug-likeness (QED) is 0.450. The summed E-state index contributed by atoms with van der Waals surface area (Å²) in [5.74, 6) is -0.170. The lowest BCUT2D eigenvalue weighted by Gasteiger charge is -2.36. The number of nitro benzene ring substituents is 1. The van der Waals surface area contributed by atoms with E-state index in [0.717, 1.165) is 36.3 Å². The number of rotatable bonds is 6. The molecule has 1 aliphatic rings. The fourth-order valence-corrected chi connectivity index (χ4v) is 4.06. The summed E-state index contributed by atoms with van der Waals surface area (Å²) in [6.45, 7) is 3.61. The molecule has 0 bridgehead atoms. The molecule has 0 aromatic heterocycles. The van der Waals surface area contributed by atoms with E-state index in [4.69, 9.17) is 0 Å². The van der Waals surface area contributed by atoms with Gasteiger partial charge in [0.2, 0.25) is 5.91 Å². The van der Waals surface area contributed by atoms with Gasteiger partial charge in [-0.15, -0.1) is 0 Å². The lowest BCUT2D eigenvalue weighted by atomic mass is 9.90. The number of carbonyl (C=O) groups is 1. The van der Waals surface area contributed by atoms with Crippen molar-refractivity contribution in [2.24, 2.45) is 0 Å². The third-order valence-electron chi connectivity index (χ3n) is 5.75. The van der Waals surface area contributed by atoms with E-state index in [1.165, 1.54) is 0 Å². The molecule has 0 atom stereocenters. The van der Waals surface area contributed by atoms with Crippen molar-refractivity contribution >= 4 is 11.6 Å². The van der Waals surface area contributed by atoms with E-state index in [9.17, 15) is 14.9 Å². The molecule has 0 unspecified atom stereocenters. The minimum Gasteiger partial charge on any atom is -0.339 e. The summed E-state index contributed by atoms with van der Waals surface area (Å²) in [7, 11) is 0. The number of non-ortho nitro benzene ring substituents is 1. The van der Waals surface area contributed by atoms with Crippen molar-refractivity contribution in [3.05, 3.63) is 112 Å². The minimum atomic E-state index is -0.385. The predicted molar refractivity (Wildman–Crippen MR) is 120 cm³/mol. The molecule has 31 heavy (non-hydrogen) atoms. The number of carbonyl (C=O) groups excluding carboxylic acids is 1. The summed E-state index contributed by atoms with van der Waals surface area (Å²) in [6.07, 6.45) is 0. The second-order valence-corrected chi connectivity index (χ2v) is 7.78. The van der Waals surface area contributed by atoms with E-state index in [0.29, 0.717) is 13.1 Å². The van der Waals surface area contributed by atoms with Crippen LogP contribution in [0, 0.1) is 10.1 Å². The van der Waals surface area contributed by atoms with Gasteiger partial charge in [0.25, 0.3) is 5.69 Å². The lowest BCUT2D eigenvalue weighted by molar-refractivity contribution is -0.384. The first-order chi connectivity index (χ1) is 15.1. The lowest BCUT2D eigenvalue weighted by Crippen LogP contribution is -2.49. The Labute approximate surface area is 181 Å². The molecular formula is C25H25N3O3. The van der Waals surface area contributed by atoms with Crippen molar-refractivity contribution in [1.29, 1.82) is 0 Å². The second kappa shape index (κ2) is 9.53. The molecule has 0 saturated carbocycles. The zero-order valence-electron chi connectivity index (χ0n) is 17.3. The van der Waals surface area contributed by atoms with Gasteiger partial charge in [-0.25, -0.2) is 0 Å². The summed E-state index contributed by atoms with van der Waals surface area (Å²) >= 11 is 0. The van der Waals surface area contributed by atoms with Crippen molar-refractivity contribution in [3.63, 3.8) is 0 Å². The third kappa shape index (κ3) is 4.98. The summed E-state index contributed by atoms with van der Waals surface area (Å²) < 4.78 is 0. The molecule has 0 spiro atoms. The molecule has 4 rings (SSSR count). The number of nitrogens with zero attached hydrogens (tertiary/aromatic N) is 3. The smallest absolute Gasteiger partial charge is 0.269 e. The van der Waals surface area contributed by atoms with Crippen LogP contribution in [0.3, 0.4) is 0 Å². The molecule has 6 heteroatoms. The Balaban J connectivity index is 1.42. The fraction of sp³-hybridized carbons (Fsp3) is 0.240. The van der Waals surface area contributed by atoms with Gasteiger partial charge in [-0.1, -0.05) is 72.8 Å². The van der Waals surface area contributed by atoms with Crippen LogP contribution in [0.2, 0.25) is 0 Å². The van der Waals surface area contributed by atoms with E-state index in [-0.39, 0.29) is 22.4 Å². The Morgan fingerprint density at radius 2 is 1.32 bits per heavy atom. The monoisotopic (exact) mass is 415 g/mol. The van der Waals surface area contributed by atoms with Gasteiger partial charge in [-0.05, 0) is 16.7 Å². The largest absolute Gasteiger partial charge is 0.339 e.